The van der Waals surface area contributed by atoms with Crippen LogP contribution < -0.4 is 16.0 Å². The number of nitrogens with zero attached hydrogens (tertiary/aromatic N) is 1. The van der Waals surface area contributed by atoms with Crippen molar-refractivity contribution in [1.82, 2.24) is 5.32 Å². The lowest BCUT2D eigenvalue weighted by atomic mass is 10.1. The summed E-state index contributed by atoms with van der Waals surface area (Å²) in [4.78, 5) is 25.1. The van der Waals surface area contributed by atoms with Crippen molar-refractivity contribution in [3.05, 3.63) is 29.8 Å². The minimum atomic E-state index is -0.606. The molecule has 0 bridgehead atoms. The first-order valence-electron chi connectivity index (χ1n) is 6.33. The van der Waals surface area contributed by atoms with E-state index in [9.17, 15) is 9.59 Å². The van der Waals surface area contributed by atoms with Crippen molar-refractivity contribution in [2.45, 2.75) is 25.8 Å². The molecular weight excluding hydrogens is 242 g/mol. The molecule has 0 aliphatic carbocycles. The van der Waals surface area contributed by atoms with Gasteiger partial charge in [-0.15, -0.1) is 0 Å². The Hall–Kier alpha value is -2.04. The summed E-state index contributed by atoms with van der Waals surface area (Å²) in [6.45, 7) is 1.94. The van der Waals surface area contributed by atoms with Gasteiger partial charge in [0.05, 0.1) is 0 Å². The van der Waals surface area contributed by atoms with Gasteiger partial charge in [0.15, 0.2) is 0 Å². The number of nitrogens with two attached hydrogens (primary N) is 1. The van der Waals surface area contributed by atoms with Gasteiger partial charge in [-0.25, -0.2) is 0 Å². The van der Waals surface area contributed by atoms with Crippen LogP contribution in [0, 0.1) is 0 Å². The van der Waals surface area contributed by atoms with Gasteiger partial charge in [-0.3, -0.25) is 9.59 Å². The topological polar surface area (TPSA) is 75.4 Å². The van der Waals surface area contributed by atoms with E-state index in [1.165, 1.54) is 0 Å². The first-order valence-corrected chi connectivity index (χ1v) is 6.33. The zero-order chi connectivity index (χ0) is 14.4. The lowest BCUT2D eigenvalue weighted by Gasteiger charge is -2.15. The largest absolute Gasteiger partial charge is 0.378 e. The molecule has 0 saturated heterocycles. The normalized spacial score (nSPS) is 11.7. The van der Waals surface area contributed by atoms with Crippen molar-refractivity contribution in [2.75, 3.05) is 19.0 Å². The van der Waals surface area contributed by atoms with Crippen LogP contribution in [-0.2, 0) is 4.79 Å². The van der Waals surface area contributed by atoms with Gasteiger partial charge in [0.2, 0.25) is 5.91 Å². The minimum Gasteiger partial charge on any atom is -0.378 e. The molecule has 1 atom stereocenters. The number of carbonyl (C=O) groups is 2. The Labute approximate surface area is 113 Å². The smallest absolute Gasteiger partial charge is 0.251 e. The van der Waals surface area contributed by atoms with E-state index in [1.54, 1.807) is 12.1 Å². The maximum Gasteiger partial charge on any atom is 0.251 e. The maximum absolute atomic E-state index is 12.0. The van der Waals surface area contributed by atoms with Crippen molar-refractivity contribution in [1.29, 1.82) is 0 Å². The highest BCUT2D eigenvalue weighted by atomic mass is 16.2. The van der Waals surface area contributed by atoms with Crippen LogP contribution >= 0.6 is 0 Å². The summed E-state index contributed by atoms with van der Waals surface area (Å²) < 4.78 is 0. The van der Waals surface area contributed by atoms with Crippen molar-refractivity contribution in [2.24, 2.45) is 5.73 Å². The van der Waals surface area contributed by atoms with Crippen LogP contribution in [0.3, 0.4) is 0 Å². The Kier molecular flexibility index (Phi) is 5.36. The van der Waals surface area contributed by atoms with Gasteiger partial charge in [-0.2, -0.15) is 0 Å². The Balaban J connectivity index is 2.74. The zero-order valence-corrected chi connectivity index (χ0v) is 11.6. The molecule has 0 heterocycles. The van der Waals surface area contributed by atoms with Gasteiger partial charge in [0.25, 0.3) is 5.91 Å². The number of rotatable bonds is 6. The SMILES string of the molecule is CCCC(NC(=O)c1ccc(N(C)C)cc1)C(N)=O. The van der Waals surface area contributed by atoms with Crippen LogP contribution in [0.25, 0.3) is 0 Å². The number of nitrogens with one attached hydrogen (secondary N) is 1. The maximum atomic E-state index is 12.0. The van der Waals surface area contributed by atoms with Crippen LogP contribution in [0.2, 0.25) is 0 Å². The van der Waals surface area contributed by atoms with E-state index in [2.05, 4.69) is 5.32 Å². The average molecular weight is 263 g/mol. The number of carbonyl (C=O) groups excluding carboxylic acids is 2. The molecule has 1 rings (SSSR count). The van der Waals surface area contributed by atoms with E-state index in [0.29, 0.717) is 12.0 Å². The Morgan fingerprint density at radius 3 is 2.26 bits per heavy atom. The molecule has 0 aliphatic heterocycles. The van der Waals surface area contributed by atoms with E-state index in [1.807, 2.05) is 38.1 Å². The van der Waals surface area contributed by atoms with Gasteiger partial charge in [-0.1, -0.05) is 13.3 Å². The van der Waals surface area contributed by atoms with Crippen molar-refractivity contribution >= 4 is 17.5 Å². The van der Waals surface area contributed by atoms with Crippen molar-refractivity contribution in [3.63, 3.8) is 0 Å². The van der Waals surface area contributed by atoms with Crippen LogP contribution in [0.1, 0.15) is 30.1 Å². The monoisotopic (exact) mass is 263 g/mol. The summed E-state index contributed by atoms with van der Waals surface area (Å²) in [5.41, 5.74) is 6.78. The summed E-state index contributed by atoms with van der Waals surface area (Å²) in [5, 5.41) is 2.66. The Morgan fingerprint density at radius 2 is 1.84 bits per heavy atom. The molecule has 0 aliphatic rings. The van der Waals surface area contributed by atoms with Crippen LogP contribution in [0.5, 0.6) is 0 Å². The lowest BCUT2D eigenvalue weighted by Crippen LogP contribution is -2.44. The summed E-state index contributed by atoms with van der Waals surface area (Å²) in [5.74, 6) is -0.775. The zero-order valence-electron chi connectivity index (χ0n) is 11.6. The molecule has 2 amide bonds. The Bertz CT molecular complexity index is 441. The molecule has 19 heavy (non-hydrogen) atoms. The second kappa shape index (κ2) is 6.78. The van der Waals surface area contributed by atoms with Crippen molar-refractivity contribution in [3.8, 4) is 0 Å². The fourth-order valence-electron chi connectivity index (χ4n) is 1.73. The molecule has 0 fully saturated rings. The number of anilines is 1. The molecule has 5 nitrogen and oxygen atoms in total. The number of primary amides is 1. The van der Waals surface area contributed by atoms with Gasteiger partial charge in [-0.05, 0) is 30.7 Å². The third-order valence-electron chi connectivity index (χ3n) is 2.87. The first-order chi connectivity index (χ1) is 8.95. The highest BCUT2D eigenvalue weighted by molar-refractivity contribution is 5.97. The van der Waals surface area contributed by atoms with E-state index < -0.39 is 11.9 Å². The quantitative estimate of drug-likeness (QED) is 0.808. The van der Waals surface area contributed by atoms with Crippen LogP contribution in [0.15, 0.2) is 24.3 Å². The number of benzene rings is 1. The third kappa shape index (κ3) is 4.28. The summed E-state index contributed by atoms with van der Waals surface area (Å²) >= 11 is 0. The second-order valence-electron chi connectivity index (χ2n) is 4.66. The van der Waals surface area contributed by atoms with Crippen molar-refractivity contribution < 1.29 is 9.59 Å². The molecule has 0 radical (unpaired) electrons. The van der Waals surface area contributed by atoms with Gasteiger partial charge in [0.1, 0.15) is 6.04 Å². The fraction of sp³-hybridized carbons (Fsp3) is 0.429. The number of hydrogen-bond acceptors (Lipinski definition) is 3. The van der Waals surface area contributed by atoms with E-state index in [4.69, 9.17) is 5.73 Å². The molecular formula is C14H21N3O2. The standard InChI is InChI=1S/C14H21N3O2/c1-4-5-12(13(15)18)16-14(19)10-6-8-11(9-7-10)17(2)3/h6-9,12H,4-5H2,1-3H3,(H2,15,18)(H,16,19). The molecule has 104 valence electrons. The van der Waals surface area contributed by atoms with E-state index >= 15 is 0 Å². The molecule has 1 aromatic rings. The molecule has 5 heteroatoms. The molecule has 3 N–H and O–H groups in total. The molecule has 0 spiro atoms. The predicted octanol–water partition coefficient (Wildman–Crippen LogP) is 1.14. The minimum absolute atomic E-state index is 0.275. The predicted molar refractivity (Wildman–Crippen MR) is 76.1 cm³/mol. The highest BCUT2D eigenvalue weighted by Crippen LogP contribution is 2.12. The average Bonchev–Trinajstić information content (AvgIpc) is 2.38. The highest BCUT2D eigenvalue weighted by Gasteiger charge is 2.17. The second-order valence-corrected chi connectivity index (χ2v) is 4.66. The van der Waals surface area contributed by atoms with Crippen LogP contribution in [-0.4, -0.2) is 32.0 Å². The van der Waals surface area contributed by atoms with E-state index in [0.717, 1.165) is 12.1 Å². The first kappa shape index (κ1) is 15.0. The number of hydrogen-bond donors (Lipinski definition) is 2. The fourth-order valence-corrected chi connectivity index (χ4v) is 1.73. The Morgan fingerprint density at radius 1 is 1.26 bits per heavy atom. The van der Waals surface area contributed by atoms with Crippen LogP contribution in [0.4, 0.5) is 5.69 Å². The molecule has 1 aromatic carbocycles. The van der Waals surface area contributed by atoms with E-state index in [-0.39, 0.29) is 5.91 Å². The lowest BCUT2D eigenvalue weighted by molar-refractivity contribution is -0.120. The summed E-state index contributed by atoms with van der Waals surface area (Å²) in [7, 11) is 3.86. The molecule has 0 aromatic heterocycles. The van der Waals surface area contributed by atoms with Gasteiger partial charge >= 0.3 is 0 Å². The summed E-state index contributed by atoms with van der Waals surface area (Å²) in [6.07, 6.45) is 1.34. The third-order valence-corrected chi connectivity index (χ3v) is 2.87. The summed E-state index contributed by atoms with van der Waals surface area (Å²) in [6, 6.07) is 6.57. The molecule has 1 unspecified atom stereocenters. The number of amides is 2. The van der Waals surface area contributed by atoms with Gasteiger partial charge in [0, 0.05) is 25.3 Å². The molecule has 0 saturated carbocycles. The van der Waals surface area contributed by atoms with Gasteiger partial charge < -0.3 is 16.0 Å².